The molecule has 5 heteroatoms. The summed E-state index contributed by atoms with van der Waals surface area (Å²) < 4.78 is 25.4. The number of carboxylic acid groups (broad SMARTS) is 1. The summed E-state index contributed by atoms with van der Waals surface area (Å²) in [5.41, 5.74) is -0.214. The van der Waals surface area contributed by atoms with Gasteiger partial charge in [-0.1, -0.05) is 6.07 Å². The third-order valence-corrected chi connectivity index (χ3v) is 1.69. The molecule has 1 aromatic rings. The lowest BCUT2D eigenvalue weighted by molar-refractivity contribution is -0.139. The van der Waals surface area contributed by atoms with Gasteiger partial charge in [0, 0.05) is 11.6 Å². The van der Waals surface area contributed by atoms with Gasteiger partial charge in [0.1, 0.15) is 11.6 Å². The van der Waals surface area contributed by atoms with Crippen molar-refractivity contribution >= 4 is 5.97 Å². The summed E-state index contributed by atoms with van der Waals surface area (Å²) in [5, 5.41) is 17.6. The number of hydrogen-bond acceptors (Lipinski definition) is 2. The average Bonchev–Trinajstić information content (AvgIpc) is 2.01. The maximum Gasteiger partial charge on any atom is 0.306 e. The van der Waals surface area contributed by atoms with E-state index in [1.165, 1.54) is 0 Å². The van der Waals surface area contributed by atoms with Gasteiger partial charge in [-0.3, -0.25) is 4.79 Å². The van der Waals surface area contributed by atoms with Crippen LogP contribution in [-0.2, 0) is 4.79 Å². The zero-order chi connectivity index (χ0) is 10.7. The highest BCUT2D eigenvalue weighted by molar-refractivity contribution is 5.67. The van der Waals surface area contributed by atoms with Gasteiger partial charge in [0.25, 0.3) is 0 Å². The van der Waals surface area contributed by atoms with Crippen LogP contribution in [0.15, 0.2) is 18.2 Å². The summed E-state index contributed by atoms with van der Waals surface area (Å²) in [6.07, 6.45) is -2.06. The minimum atomic E-state index is -1.45. The molecule has 0 spiro atoms. The van der Waals surface area contributed by atoms with Gasteiger partial charge in [-0.05, 0) is 6.07 Å². The maximum atomic E-state index is 13.0. The largest absolute Gasteiger partial charge is 0.481 e. The van der Waals surface area contributed by atoms with Crippen LogP contribution in [0.5, 0.6) is 0 Å². The van der Waals surface area contributed by atoms with Gasteiger partial charge in [0.2, 0.25) is 0 Å². The van der Waals surface area contributed by atoms with E-state index in [9.17, 15) is 18.7 Å². The van der Waals surface area contributed by atoms with Crippen molar-refractivity contribution in [3.63, 3.8) is 0 Å². The molecule has 0 aliphatic carbocycles. The highest BCUT2D eigenvalue weighted by atomic mass is 19.1. The van der Waals surface area contributed by atoms with Crippen molar-refractivity contribution in [1.29, 1.82) is 0 Å². The third-order valence-electron chi connectivity index (χ3n) is 1.69. The van der Waals surface area contributed by atoms with E-state index in [2.05, 4.69) is 0 Å². The van der Waals surface area contributed by atoms with Crippen LogP contribution in [0.2, 0.25) is 0 Å². The van der Waals surface area contributed by atoms with Crippen LogP contribution in [0.1, 0.15) is 18.1 Å². The predicted octanol–water partition coefficient (Wildman–Crippen LogP) is 1.47. The Morgan fingerprint density at radius 2 is 2.07 bits per heavy atom. The van der Waals surface area contributed by atoms with Crippen molar-refractivity contribution in [3.8, 4) is 0 Å². The minimum absolute atomic E-state index is 0.214. The first kappa shape index (κ1) is 10.6. The Hall–Kier alpha value is -1.49. The van der Waals surface area contributed by atoms with Crippen LogP contribution in [0.25, 0.3) is 0 Å². The second-order valence-electron chi connectivity index (χ2n) is 2.78. The maximum absolute atomic E-state index is 13.0. The zero-order valence-electron chi connectivity index (χ0n) is 7.08. The number of carbonyl (C=O) groups is 1. The molecule has 0 amide bonds. The van der Waals surface area contributed by atoms with Crippen molar-refractivity contribution in [3.05, 3.63) is 35.4 Å². The van der Waals surface area contributed by atoms with Gasteiger partial charge < -0.3 is 10.2 Å². The Morgan fingerprint density at radius 1 is 1.43 bits per heavy atom. The lowest BCUT2D eigenvalue weighted by atomic mass is 10.1. The van der Waals surface area contributed by atoms with Crippen LogP contribution < -0.4 is 0 Å². The summed E-state index contributed by atoms with van der Waals surface area (Å²) in [4.78, 5) is 10.2. The summed E-state index contributed by atoms with van der Waals surface area (Å²) in [5.74, 6) is -2.96. The fourth-order valence-electron chi connectivity index (χ4n) is 1.05. The molecule has 1 rings (SSSR count). The molecular formula is C9H8F2O3. The van der Waals surface area contributed by atoms with E-state index in [1.807, 2.05) is 0 Å². The molecule has 0 heterocycles. The minimum Gasteiger partial charge on any atom is -0.481 e. The highest BCUT2D eigenvalue weighted by Gasteiger charge is 2.16. The van der Waals surface area contributed by atoms with E-state index < -0.39 is 30.1 Å². The molecule has 0 fully saturated rings. The standard InChI is InChI=1S/C9H8F2O3/c10-5-1-2-6(7(11)3-5)8(12)4-9(13)14/h1-3,8,12H,4H2,(H,13,14). The lowest BCUT2D eigenvalue weighted by Crippen LogP contribution is -2.07. The topological polar surface area (TPSA) is 57.5 Å². The smallest absolute Gasteiger partial charge is 0.306 e. The van der Waals surface area contributed by atoms with Gasteiger partial charge in [0.05, 0.1) is 12.5 Å². The number of benzene rings is 1. The van der Waals surface area contributed by atoms with E-state index in [-0.39, 0.29) is 5.56 Å². The molecule has 0 saturated heterocycles. The molecular weight excluding hydrogens is 194 g/mol. The normalized spacial score (nSPS) is 12.5. The molecule has 2 N–H and O–H groups in total. The number of carboxylic acids is 1. The molecule has 14 heavy (non-hydrogen) atoms. The van der Waals surface area contributed by atoms with Gasteiger partial charge >= 0.3 is 5.97 Å². The second kappa shape index (κ2) is 4.15. The van der Waals surface area contributed by atoms with Crippen LogP contribution in [0, 0.1) is 11.6 Å². The molecule has 0 aliphatic rings. The van der Waals surface area contributed by atoms with Crippen molar-refractivity contribution in [2.45, 2.75) is 12.5 Å². The third kappa shape index (κ3) is 2.50. The van der Waals surface area contributed by atoms with E-state index >= 15 is 0 Å². The van der Waals surface area contributed by atoms with Crippen molar-refractivity contribution < 1.29 is 23.8 Å². The SMILES string of the molecule is O=C(O)CC(O)c1ccc(F)cc1F. The van der Waals surface area contributed by atoms with Gasteiger partial charge in [0.15, 0.2) is 0 Å². The lowest BCUT2D eigenvalue weighted by Gasteiger charge is -2.08. The van der Waals surface area contributed by atoms with Gasteiger partial charge in [-0.25, -0.2) is 8.78 Å². The molecule has 0 aliphatic heterocycles. The van der Waals surface area contributed by atoms with Crippen LogP contribution >= 0.6 is 0 Å². The Labute approximate surface area is 78.6 Å². The van der Waals surface area contributed by atoms with E-state index in [0.717, 1.165) is 12.1 Å². The number of aliphatic hydroxyl groups is 1. The molecule has 1 unspecified atom stereocenters. The number of hydrogen-bond donors (Lipinski definition) is 2. The van der Waals surface area contributed by atoms with Gasteiger partial charge in [-0.15, -0.1) is 0 Å². The summed E-state index contributed by atoms with van der Waals surface area (Å²) >= 11 is 0. The number of aliphatic carboxylic acids is 1. The van der Waals surface area contributed by atoms with Crippen LogP contribution in [-0.4, -0.2) is 16.2 Å². The Balaban J connectivity index is 2.90. The molecule has 76 valence electrons. The van der Waals surface area contributed by atoms with Crippen molar-refractivity contribution in [2.24, 2.45) is 0 Å². The number of aliphatic hydroxyl groups excluding tert-OH is 1. The molecule has 0 bridgehead atoms. The van der Waals surface area contributed by atoms with Gasteiger partial charge in [-0.2, -0.15) is 0 Å². The second-order valence-corrected chi connectivity index (χ2v) is 2.78. The molecule has 1 aromatic carbocycles. The molecule has 3 nitrogen and oxygen atoms in total. The van der Waals surface area contributed by atoms with E-state index in [4.69, 9.17) is 5.11 Å². The number of rotatable bonds is 3. The fraction of sp³-hybridized carbons (Fsp3) is 0.222. The van der Waals surface area contributed by atoms with E-state index in [1.54, 1.807) is 0 Å². The fourth-order valence-corrected chi connectivity index (χ4v) is 1.05. The van der Waals surface area contributed by atoms with Crippen molar-refractivity contribution in [1.82, 2.24) is 0 Å². The first-order valence-electron chi connectivity index (χ1n) is 3.85. The average molecular weight is 202 g/mol. The number of halogens is 2. The zero-order valence-corrected chi connectivity index (χ0v) is 7.08. The first-order valence-corrected chi connectivity index (χ1v) is 3.85. The highest BCUT2D eigenvalue weighted by Crippen LogP contribution is 2.20. The molecule has 0 radical (unpaired) electrons. The van der Waals surface area contributed by atoms with E-state index in [0.29, 0.717) is 6.07 Å². The van der Waals surface area contributed by atoms with Crippen molar-refractivity contribution in [2.75, 3.05) is 0 Å². The van der Waals surface area contributed by atoms with Crippen LogP contribution in [0.3, 0.4) is 0 Å². The first-order chi connectivity index (χ1) is 6.50. The summed E-state index contributed by atoms with van der Waals surface area (Å²) in [7, 11) is 0. The Kier molecular flexibility index (Phi) is 3.14. The molecule has 0 saturated carbocycles. The Bertz CT molecular complexity index is 352. The summed E-state index contributed by atoms with van der Waals surface area (Å²) in [6.45, 7) is 0. The predicted molar refractivity (Wildman–Crippen MR) is 43.6 cm³/mol. The summed E-state index contributed by atoms with van der Waals surface area (Å²) in [6, 6.07) is 2.59. The molecule has 0 aromatic heterocycles. The monoisotopic (exact) mass is 202 g/mol. The Morgan fingerprint density at radius 3 is 2.57 bits per heavy atom. The molecule has 1 atom stereocenters. The van der Waals surface area contributed by atoms with Crippen LogP contribution in [0.4, 0.5) is 8.78 Å². The quantitative estimate of drug-likeness (QED) is 0.780.